The first kappa shape index (κ1) is 20.5. The Morgan fingerprint density at radius 2 is 1.90 bits per heavy atom. The first-order valence-electron chi connectivity index (χ1n) is 11.4. The minimum absolute atomic E-state index is 0.201. The number of hydrogen-bond acceptors (Lipinski definition) is 5. The Morgan fingerprint density at radius 1 is 1.13 bits per heavy atom. The van der Waals surface area contributed by atoms with E-state index in [-0.39, 0.29) is 23.9 Å². The van der Waals surface area contributed by atoms with Crippen molar-refractivity contribution in [1.29, 1.82) is 0 Å². The number of imide groups is 1. The molecule has 8 heteroatoms. The first-order chi connectivity index (χ1) is 15.0. The summed E-state index contributed by atoms with van der Waals surface area (Å²) in [7, 11) is 1.77. The van der Waals surface area contributed by atoms with E-state index in [9.17, 15) is 14.4 Å². The molecule has 1 aromatic heterocycles. The second-order valence-electron chi connectivity index (χ2n) is 9.53. The van der Waals surface area contributed by atoms with Crippen LogP contribution in [0, 0.1) is 5.41 Å². The molecule has 166 valence electrons. The van der Waals surface area contributed by atoms with Crippen LogP contribution in [0.4, 0.5) is 0 Å². The van der Waals surface area contributed by atoms with Gasteiger partial charge in [0.25, 0.3) is 0 Å². The number of rotatable bonds is 5. The molecule has 31 heavy (non-hydrogen) atoms. The van der Waals surface area contributed by atoms with Gasteiger partial charge < -0.3 is 10.2 Å². The largest absolute Gasteiger partial charge is 0.329 e. The van der Waals surface area contributed by atoms with Crippen molar-refractivity contribution < 1.29 is 9.59 Å². The van der Waals surface area contributed by atoms with Crippen LogP contribution in [0.5, 0.6) is 0 Å². The van der Waals surface area contributed by atoms with Gasteiger partial charge in [-0.3, -0.25) is 24.0 Å². The van der Waals surface area contributed by atoms with Crippen molar-refractivity contribution in [2.24, 2.45) is 12.5 Å². The standard InChI is InChI=1S/C23H31N5O3/c1-26-20-16(5-3-13-27-14-23(15-27)9-11-24-12-10-23)4-2-6-17(20)28(22(26)31)18-7-8-19(29)25-21(18)30/h2,4,6,18,24H,3,5,7-15H2,1H3,(H,25,29,30). The van der Waals surface area contributed by atoms with E-state index in [0.717, 1.165) is 49.1 Å². The lowest BCUT2D eigenvalue weighted by Gasteiger charge is -2.52. The Balaban J connectivity index is 1.31. The van der Waals surface area contributed by atoms with Crippen molar-refractivity contribution in [2.75, 3.05) is 32.7 Å². The quantitative estimate of drug-likeness (QED) is 0.696. The van der Waals surface area contributed by atoms with Crippen LogP contribution in [0.15, 0.2) is 23.0 Å². The van der Waals surface area contributed by atoms with Crippen molar-refractivity contribution in [3.05, 3.63) is 34.2 Å². The van der Waals surface area contributed by atoms with Gasteiger partial charge in [-0.1, -0.05) is 12.1 Å². The number of fused-ring (bicyclic) bond motifs is 1. The van der Waals surface area contributed by atoms with E-state index in [2.05, 4.69) is 21.6 Å². The van der Waals surface area contributed by atoms with Crippen molar-refractivity contribution >= 4 is 22.8 Å². The fourth-order valence-corrected chi connectivity index (χ4v) is 5.78. The van der Waals surface area contributed by atoms with E-state index >= 15 is 0 Å². The Morgan fingerprint density at radius 3 is 2.65 bits per heavy atom. The topological polar surface area (TPSA) is 88.4 Å². The van der Waals surface area contributed by atoms with Gasteiger partial charge in [0.05, 0.1) is 11.0 Å². The van der Waals surface area contributed by atoms with E-state index in [4.69, 9.17) is 0 Å². The maximum absolute atomic E-state index is 13.0. The van der Waals surface area contributed by atoms with Gasteiger partial charge in [-0.15, -0.1) is 0 Å². The number of imidazole rings is 1. The molecule has 4 heterocycles. The van der Waals surface area contributed by atoms with Gasteiger partial charge in [0.1, 0.15) is 6.04 Å². The zero-order valence-corrected chi connectivity index (χ0v) is 18.2. The highest BCUT2D eigenvalue weighted by Crippen LogP contribution is 2.38. The third kappa shape index (κ3) is 3.61. The smallest absolute Gasteiger partial charge is 0.317 e. The molecule has 8 nitrogen and oxygen atoms in total. The molecule has 2 aromatic rings. The molecule has 5 rings (SSSR count). The van der Waals surface area contributed by atoms with E-state index in [1.165, 1.54) is 25.9 Å². The van der Waals surface area contributed by atoms with Gasteiger partial charge in [-0.25, -0.2) is 4.79 Å². The minimum Gasteiger partial charge on any atom is -0.317 e. The Bertz CT molecular complexity index is 1070. The van der Waals surface area contributed by atoms with Crippen LogP contribution in [0.25, 0.3) is 11.0 Å². The van der Waals surface area contributed by atoms with Gasteiger partial charge >= 0.3 is 5.69 Å². The highest BCUT2D eigenvalue weighted by atomic mass is 16.2. The molecule has 0 bridgehead atoms. The normalized spacial score (nSPS) is 23.8. The second-order valence-corrected chi connectivity index (χ2v) is 9.53. The Hall–Kier alpha value is -2.45. The number of amides is 2. The number of benzene rings is 1. The van der Waals surface area contributed by atoms with Crippen LogP contribution in [0.3, 0.4) is 0 Å². The fourth-order valence-electron chi connectivity index (χ4n) is 5.78. The number of likely N-dealkylation sites (tertiary alicyclic amines) is 1. The molecule has 3 fully saturated rings. The molecular formula is C23H31N5O3. The molecule has 3 aliphatic rings. The van der Waals surface area contributed by atoms with E-state index in [1.54, 1.807) is 16.2 Å². The molecule has 2 amide bonds. The SMILES string of the molecule is Cn1c(=O)n(C2CCC(=O)NC2=O)c2cccc(CCCN3CC4(CCNCC4)C3)c21. The van der Waals surface area contributed by atoms with Crippen molar-refractivity contribution in [3.8, 4) is 0 Å². The van der Waals surface area contributed by atoms with Gasteiger partial charge in [0.2, 0.25) is 11.8 Å². The average molecular weight is 426 g/mol. The number of carbonyl (C=O) groups is 2. The molecule has 1 unspecified atom stereocenters. The fraction of sp³-hybridized carbons (Fsp3) is 0.609. The highest BCUT2D eigenvalue weighted by molar-refractivity contribution is 6.00. The zero-order chi connectivity index (χ0) is 21.6. The maximum atomic E-state index is 13.0. The molecule has 1 spiro atoms. The Kier molecular flexibility index (Phi) is 5.22. The number of aromatic nitrogens is 2. The monoisotopic (exact) mass is 425 g/mol. The van der Waals surface area contributed by atoms with E-state index < -0.39 is 6.04 Å². The summed E-state index contributed by atoms with van der Waals surface area (Å²) < 4.78 is 3.22. The summed E-state index contributed by atoms with van der Waals surface area (Å²) >= 11 is 0. The van der Waals surface area contributed by atoms with Gasteiger partial charge in [0.15, 0.2) is 0 Å². The zero-order valence-electron chi connectivity index (χ0n) is 18.2. The minimum atomic E-state index is -0.633. The summed E-state index contributed by atoms with van der Waals surface area (Å²) in [5.74, 6) is -0.659. The molecule has 0 aliphatic carbocycles. The predicted octanol–water partition coefficient (Wildman–Crippen LogP) is 0.936. The van der Waals surface area contributed by atoms with Gasteiger partial charge in [-0.2, -0.15) is 0 Å². The number of piperidine rings is 2. The van der Waals surface area contributed by atoms with Crippen molar-refractivity contribution in [2.45, 2.75) is 44.6 Å². The molecule has 0 radical (unpaired) electrons. The third-order valence-electron chi connectivity index (χ3n) is 7.41. The summed E-state index contributed by atoms with van der Waals surface area (Å²) in [5.41, 5.74) is 3.16. The van der Waals surface area contributed by atoms with Gasteiger partial charge in [-0.05, 0) is 68.8 Å². The summed E-state index contributed by atoms with van der Waals surface area (Å²) in [5, 5.41) is 5.83. The summed E-state index contributed by atoms with van der Waals surface area (Å²) in [4.78, 5) is 39.5. The van der Waals surface area contributed by atoms with Crippen LogP contribution in [-0.4, -0.2) is 58.6 Å². The van der Waals surface area contributed by atoms with Gasteiger partial charge in [0, 0.05) is 26.6 Å². The molecule has 2 N–H and O–H groups in total. The summed E-state index contributed by atoms with van der Waals surface area (Å²) in [6.45, 7) is 5.79. The van der Waals surface area contributed by atoms with E-state index in [0.29, 0.717) is 11.8 Å². The number of aryl methyl sites for hydroxylation is 2. The molecular weight excluding hydrogens is 394 g/mol. The first-order valence-corrected chi connectivity index (χ1v) is 11.4. The third-order valence-corrected chi connectivity index (χ3v) is 7.41. The number of nitrogens with zero attached hydrogens (tertiary/aromatic N) is 3. The van der Waals surface area contributed by atoms with Crippen LogP contribution in [-0.2, 0) is 23.1 Å². The second kappa shape index (κ2) is 7.91. The van der Waals surface area contributed by atoms with Crippen molar-refractivity contribution in [1.82, 2.24) is 24.7 Å². The number of carbonyl (C=O) groups excluding carboxylic acids is 2. The van der Waals surface area contributed by atoms with E-state index in [1.807, 2.05) is 12.1 Å². The van der Waals surface area contributed by atoms with Crippen LogP contribution in [0.2, 0.25) is 0 Å². The van der Waals surface area contributed by atoms with Crippen LogP contribution < -0.4 is 16.3 Å². The molecule has 3 aliphatic heterocycles. The van der Waals surface area contributed by atoms with Crippen LogP contribution >= 0.6 is 0 Å². The van der Waals surface area contributed by atoms with Crippen molar-refractivity contribution in [3.63, 3.8) is 0 Å². The lowest BCUT2D eigenvalue weighted by atomic mass is 9.72. The summed E-state index contributed by atoms with van der Waals surface area (Å²) in [6, 6.07) is 5.32. The lowest BCUT2D eigenvalue weighted by molar-refractivity contribution is -0.135. The summed E-state index contributed by atoms with van der Waals surface area (Å²) in [6.07, 6.45) is 5.14. The highest BCUT2D eigenvalue weighted by Gasteiger charge is 2.42. The average Bonchev–Trinajstić information content (AvgIpc) is 2.99. The number of nitrogens with one attached hydrogen (secondary N) is 2. The predicted molar refractivity (Wildman–Crippen MR) is 118 cm³/mol. The van der Waals surface area contributed by atoms with Crippen LogP contribution in [0.1, 0.15) is 43.7 Å². The lowest BCUT2D eigenvalue weighted by Crippen LogP contribution is -2.59. The molecule has 1 atom stereocenters. The Labute approximate surface area is 181 Å². The molecule has 0 saturated carbocycles. The maximum Gasteiger partial charge on any atom is 0.329 e. The number of para-hydroxylation sites is 1. The number of hydrogen-bond donors (Lipinski definition) is 2. The molecule has 1 aromatic carbocycles. The molecule has 3 saturated heterocycles.